The van der Waals surface area contributed by atoms with Crippen LogP contribution in [0.4, 0.5) is 0 Å². The Bertz CT molecular complexity index is 251. The summed E-state index contributed by atoms with van der Waals surface area (Å²) in [7, 11) is 0. The summed E-state index contributed by atoms with van der Waals surface area (Å²) in [4.78, 5) is 12.2. The van der Waals surface area contributed by atoms with Crippen molar-refractivity contribution >= 4 is 17.7 Å². The first-order valence-corrected chi connectivity index (χ1v) is 8.03. The number of thioether (sulfide) groups is 1. The first-order chi connectivity index (χ1) is 8.69. The van der Waals surface area contributed by atoms with E-state index in [-0.39, 0.29) is 23.9 Å². The van der Waals surface area contributed by atoms with Crippen molar-refractivity contribution in [2.24, 2.45) is 5.92 Å². The van der Waals surface area contributed by atoms with Crippen LogP contribution in [-0.4, -0.2) is 49.3 Å². The van der Waals surface area contributed by atoms with Crippen molar-refractivity contribution in [3.05, 3.63) is 0 Å². The van der Waals surface area contributed by atoms with Crippen molar-refractivity contribution < 1.29 is 9.53 Å². The zero-order chi connectivity index (χ0) is 13.4. The molecule has 0 spiro atoms. The molecular weight excluding hydrogens is 248 g/mol. The summed E-state index contributed by atoms with van der Waals surface area (Å²) >= 11 is 1.85. The highest BCUT2D eigenvalue weighted by atomic mass is 32.2. The van der Waals surface area contributed by atoms with Crippen molar-refractivity contribution in [1.82, 2.24) is 10.6 Å². The fourth-order valence-electron chi connectivity index (χ4n) is 2.03. The fourth-order valence-corrected chi connectivity index (χ4v) is 2.70. The van der Waals surface area contributed by atoms with Crippen molar-refractivity contribution in [1.29, 1.82) is 0 Å². The third-order valence-electron chi connectivity index (χ3n) is 3.03. The minimum atomic E-state index is -0.0365. The molecule has 1 amide bonds. The van der Waals surface area contributed by atoms with E-state index in [0.717, 1.165) is 24.5 Å². The van der Waals surface area contributed by atoms with Crippen molar-refractivity contribution in [3.63, 3.8) is 0 Å². The Labute approximate surface area is 115 Å². The molecule has 3 atom stereocenters. The second-order valence-corrected chi connectivity index (χ2v) is 6.09. The Hall–Kier alpha value is -0.260. The largest absolute Gasteiger partial charge is 0.379 e. The van der Waals surface area contributed by atoms with Gasteiger partial charge in [-0.25, -0.2) is 0 Å². The number of carbonyl (C=O) groups excluding carboxylic acids is 1. The maximum absolute atomic E-state index is 12.2. The molecule has 4 nitrogen and oxygen atoms in total. The van der Waals surface area contributed by atoms with Gasteiger partial charge in [0, 0.05) is 17.8 Å². The van der Waals surface area contributed by atoms with Gasteiger partial charge in [-0.05, 0) is 25.6 Å². The van der Waals surface area contributed by atoms with Crippen LogP contribution >= 0.6 is 11.8 Å². The van der Waals surface area contributed by atoms with Gasteiger partial charge in [-0.1, -0.05) is 13.8 Å². The molecule has 0 aromatic rings. The lowest BCUT2D eigenvalue weighted by atomic mass is 10.0. The summed E-state index contributed by atoms with van der Waals surface area (Å²) in [6.45, 7) is 8.46. The van der Waals surface area contributed by atoms with Crippen molar-refractivity contribution in [2.45, 2.75) is 39.3 Å². The van der Waals surface area contributed by atoms with Gasteiger partial charge in [-0.3, -0.25) is 4.79 Å². The van der Waals surface area contributed by atoms with Gasteiger partial charge in [0.1, 0.15) is 0 Å². The number of hydrogen-bond donors (Lipinski definition) is 2. The molecule has 1 heterocycles. The number of amides is 1. The van der Waals surface area contributed by atoms with Crippen LogP contribution < -0.4 is 10.6 Å². The standard InChI is InChI=1S/C13H26N2O2S/c1-4-6-14-12-8-17-7-11(12)13(16)15-10(3)9-18-5-2/h10-12,14H,4-9H2,1-3H3,(H,15,16). The maximum atomic E-state index is 12.2. The normalized spacial score (nSPS) is 25.1. The summed E-state index contributed by atoms with van der Waals surface area (Å²) in [6, 6.07) is 0.408. The van der Waals surface area contributed by atoms with Crippen molar-refractivity contribution in [2.75, 3.05) is 31.3 Å². The maximum Gasteiger partial charge on any atom is 0.227 e. The molecule has 1 rings (SSSR count). The average molecular weight is 274 g/mol. The molecule has 1 aliphatic heterocycles. The Morgan fingerprint density at radius 2 is 2.22 bits per heavy atom. The molecule has 3 unspecified atom stereocenters. The highest BCUT2D eigenvalue weighted by Gasteiger charge is 2.33. The van der Waals surface area contributed by atoms with Crippen LogP contribution in [0.1, 0.15) is 27.2 Å². The van der Waals surface area contributed by atoms with Crippen LogP contribution in [0.15, 0.2) is 0 Å². The predicted octanol–water partition coefficient (Wildman–Crippen LogP) is 1.26. The van der Waals surface area contributed by atoms with Gasteiger partial charge in [0.05, 0.1) is 19.1 Å². The molecule has 0 radical (unpaired) electrons. The van der Waals surface area contributed by atoms with Crippen LogP contribution in [0, 0.1) is 5.92 Å². The number of ether oxygens (including phenoxy) is 1. The predicted molar refractivity (Wildman–Crippen MR) is 77.0 cm³/mol. The first kappa shape index (κ1) is 15.8. The molecule has 18 heavy (non-hydrogen) atoms. The van der Waals surface area contributed by atoms with Gasteiger partial charge in [0.15, 0.2) is 0 Å². The second-order valence-electron chi connectivity index (χ2n) is 4.77. The highest BCUT2D eigenvalue weighted by molar-refractivity contribution is 7.99. The number of rotatable bonds is 8. The van der Waals surface area contributed by atoms with E-state index in [0.29, 0.717) is 13.2 Å². The monoisotopic (exact) mass is 274 g/mol. The third-order valence-corrected chi connectivity index (χ3v) is 4.18. The Morgan fingerprint density at radius 3 is 2.89 bits per heavy atom. The van der Waals surface area contributed by atoms with Gasteiger partial charge >= 0.3 is 0 Å². The van der Waals surface area contributed by atoms with E-state index >= 15 is 0 Å². The number of nitrogens with one attached hydrogen (secondary N) is 2. The molecule has 0 aromatic carbocycles. The van der Waals surface area contributed by atoms with E-state index < -0.39 is 0 Å². The minimum absolute atomic E-state index is 0.0365. The molecule has 106 valence electrons. The van der Waals surface area contributed by atoms with E-state index in [1.54, 1.807) is 0 Å². The van der Waals surface area contributed by atoms with E-state index in [2.05, 4.69) is 31.4 Å². The smallest absolute Gasteiger partial charge is 0.227 e. The lowest BCUT2D eigenvalue weighted by Crippen LogP contribution is -2.47. The Morgan fingerprint density at radius 1 is 1.44 bits per heavy atom. The topological polar surface area (TPSA) is 50.4 Å². The minimum Gasteiger partial charge on any atom is -0.379 e. The fraction of sp³-hybridized carbons (Fsp3) is 0.923. The van der Waals surface area contributed by atoms with Crippen LogP contribution in [0.3, 0.4) is 0 Å². The molecule has 0 aliphatic carbocycles. The summed E-state index contributed by atoms with van der Waals surface area (Å²) in [6.07, 6.45) is 1.08. The summed E-state index contributed by atoms with van der Waals surface area (Å²) in [5.74, 6) is 2.16. The molecule has 0 saturated carbocycles. The van der Waals surface area contributed by atoms with E-state index in [1.165, 1.54) is 0 Å². The lowest BCUT2D eigenvalue weighted by Gasteiger charge is -2.21. The van der Waals surface area contributed by atoms with Crippen LogP contribution in [0.5, 0.6) is 0 Å². The summed E-state index contributed by atoms with van der Waals surface area (Å²) in [5.41, 5.74) is 0. The van der Waals surface area contributed by atoms with Gasteiger partial charge in [-0.2, -0.15) is 11.8 Å². The zero-order valence-corrected chi connectivity index (χ0v) is 12.5. The van der Waals surface area contributed by atoms with Crippen LogP contribution in [-0.2, 0) is 9.53 Å². The van der Waals surface area contributed by atoms with E-state index in [9.17, 15) is 4.79 Å². The molecule has 1 saturated heterocycles. The van der Waals surface area contributed by atoms with Crippen molar-refractivity contribution in [3.8, 4) is 0 Å². The molecule has 0 aromatic heterocycles. The Balaban J connectivity index is 2.34. The third kappa shape index (κ3) is 5.16. The number of hydrogen-bond acceptors (Lipinski definition) is 4. The zero-order valence-electron chi connectivity index (χ0n) is 11.7. The van der Waals surface area contributed by atoms with E-state index in [1.807, 2.05) is 11.8 Å². The van der Waals surface area contributed by atoms with Crippen LogP contribution in [0.25, 0.3) is 0 Å². The van der Waals surface area contributed by atoms with Gasteiger partial charge in [0.25, 0.3) is 0 Å². The summed E-state index contributed by atoms with van der Waals surface area (Å²) < 4.78 is 5.42. The molecule has 1 fully saturated rings. The quantitative estimate of drug-likeness (QED) is 0.699. The molecular formula is C13H26N2O2S. The lowest BCUT2D eigenvalue weighted by molar-refractivity contribution is -0.125. The highest BCUT2D eigenvalue weighted by Crippen LogP contribution is 2.14. The Kier molecular flexibility index (Phi) is 7.70. The molecule has 5 heteroatoms. The van der Waals surface area contributed by atoms with Gasteiger partial charge in [-0.15, -0.1) is 0 Å². The average Bonchev–Trinajstić information content (AvgIpc) is 2.82. The summed E-state index contributed by atoms with van der Waals surface area (Å²) in [5, 5.41) is 6.47. The second kappa shape index (κ2) is 8.77. The molecule has 0 bridgehead atoms. The van der Waals surface area contributed by atoms with Gasteiger partial charge in [0.2, 0.25) is 5.91 Å². The first-order valence-electron chi connectivity index (χ1n) is 6.88. The van der Waals surface area contributed by atoms with E-state index in [4.69, 9.17) is 4.74 Å². The van der Waals surface area contributed by atoms with Crippen LogP contribution in [0.2, 0.25) is 0 Å². The SMILES string of the molecule is CCCNC1COCC1C(=O)NC(C)CSCC. The molecule has 2 N–H and O–H groups in total. The molecule has 1 aliphatic rings. The number of carbonyl (C=O) groups is 1. The van der Waals surface area contributed by atoms with Gasteiger partial charge < -0.3 is 15.4 Å².